The Balaban J connectivity index is 2.10. The molecule has 1 fully saturated rings. The number of anilines is 1. The number of hydrogen-bond donors (Lipinski definition) is 1. The SMILES string of the molecule is CC(O)c1ccc(N2CCN(S(C)(=O)=O)CC2)cc1Br. The molecule has 0 aromatic heterocycles. The molecular weight excluding hydrogens is 344 g/mol. The number of rotatable bonds is 3. The largest absolute Gasteiger partial charge is 0.389 e. The molecule has 1 saturated heterocycles. The molecule has 1 aromatic rings. The van der Waals surface area contributed by atoms with Crippen molar-refractivity contribution in [2.24, 2.45) is 0 Å². The number of hydrogen-bond acceptors (Lipinski definition) is 4. The zero-order valence-electron chi connectivity index (χ0n) is 11.6. The van der Waals surface area contributed by atoms with Gasteiger partial charge in [0.15, 0.2) is 0 Å². The van der Waals surface area contributed by atoms with Crippen LogP contribution in [0.2, 0.25) is 0 Å². The lowest BCUT2D eigenvalue weighted by molar-refractivity contribution is 0.198. The Bertz CT molecular complexity index is 581. The lowest BCUT2D eigenvalue weighted by Gasteiger charge is -2.35. The molecule has 1 aromatic carbocycles. The molecular formula is C13H19BrN2O3S. The van der Waals surface area contributed by atoms with Crippen LogP contribution >= 0.6 is 15.9 Å². The molecule has 1 aliphatic rings. The maximum absolute atomic E-state index is 11.5. The second-order valence-corrected chi connectivity index (χ2v) is 7.87. The number of halogens is 1. The summed E-state index contributed by atoms with van der Waals surface area (Å²) in [5.41, 5.74) is 1.89. The summed E-state index contributed by atoms with van der Waals surface area (Å²) in [6.45, 7) is 4.09. The van der Waals surface area contributed by atoms with E-state index in [1.165, 1.54) is 10.6 Å². The quantitative estimate of drug-likeness (QED) is 0.886. The van der Waals surface area contributed by atoms with Gasteiger partial charge in [0, 0.05) is 36.3 Å². The molecule has 0 saturated carbocycles. The molecule has 0 aliphatic carbocycles. The number of benzene rings is 1. The van der Waals surface area contributed by atoms with Gasteiger partial charge in [-0.15, -0.1) is 0 Å². The van der Waals surface area contributed by atoms with Gasteiger partial charge in [-0.2, -0.15) is 4.31 Å². The molecule has 2 rings (SSSR count). The minimum atomic E-state index is -3.09. The van der Waals surface area contributed by atoms with Crippen molar-refractivity contribution in [1.29, 1.82) is 0 Å². The van der Waals surface area contributed by atoms with Gasteiger partial charge in [0.1, 0.15) is 0 Å². The first-order chi connectivity index (χ1) is 9.29. The Morgan fingerprint density at radius 2 is 1.85 bits per heavy atom. The van der Waals surface area contributed by atoms with Crippen molar-refractivity contribution in [3.05, 3.63) is 28.2 Å². The Morgan fingerprint density at radius 1 is 1.25 bits per heavy atom. The van der Waals surface area contributed by atoms with Crippen LogP contribution in [0, 0.1) is 0 Å². The molecule has 7 heteroatoms. The number of aliphatic hydroxyl groups is 1. The first-order valence-corrected chi connectivity index (χ1v) is 9.11. The van der Waals surface area contributed by atoms with E-state index in [1.54, 1.807) is 6.92 Å². The monoisotopic (exact) mass is 362 g/mol. The van der Waals surface area contributed by atoms with E-state index in [9.17, 15) is 13.5 Å². The molecule has 112 valence electrons. The highest BCUT2D eigenvalue weighted by Gasteiger charge is 2.23. The molecule has 5 nitrogen and oxygen atoms in total. The average molecular weight is 363 g/mol. The topological polar surface area (TPSA) is 60.9 Å². The lowest BCUT2D eigenvalue weighted by atomic mass is 10.1. The van der Waals surface area contributed by atoms with Gasteiger partial charge in [0.25, 0.3) is 0 Å². The summed E-state index contributed by atoms with van der Waals surface area (Å²) >= 11 is 3.46. The second kappa shape index (κ2) is 6.01. The third kappa shape index (κ3) is 3.52. The fourth-order valence-electron chi connectivity index (χ4n) is 2.33. The summed E-state index contributed by atoms with van der Waals surface area (Å²) in [4.78, 5) is 2.15. The van der Waals surface area contributed by atoms with E-state index in [2.05, 4.69) is 20.8 Å². The predicted octanol–water partition coefficient (Wildman–Crippen LogP) is 1.58. The number of piperazine rings is 1. The van der Waals surface area contributed by atoms with Gasteiger partial charge in [-0.25, -0.2) is 8.42 Å². The van der Waals surface area contributed by atoms with E-state index in [-0.39, 0.29) is 0 Å². The number of nitrogens with zero attached hydrogens (tertiary/aromatic N) is 2. The molecule has 1 aliphatic heterocycles. The highest BCUT2D eigenvalue weighted by molar-refractivity contribution is 9.10. The molecule has 0 spiro atoms. The Kier molecular flexibility index (Phi) is 4.73. The predicted molar refractivity (Wildman–Crippen MR) is 83.4 cm³/mol. The standard InChI is InChI=1S/C13H19BrN2O3S/c1-10(17)12-4-3-11(9-13(12)14)15-5-7-16(8-6-15)20(2,18)19/h3-4,9-10,17H,5-8H2,1-2H3. The fourth-order valence-corrected chi connectivity index (χ4v) is 3.85. The third-order valence-corrected chi connectivity index (χ3v) is 5.50. The van der Waals surface area contributed by atoms with Crippen molar-refractivity contribution in [2.75, 3.05) is 37.3 Å². The third-order valence-electron chi connectivity index (χ3n) is 3.51. The van der Waals surface area contributed by atoms with Crippen molar-refractivity contribution < 1.29 is 13.5 Å². The van der Waals surface area contributed by atoms with E-state index in [4.69, 9.17) is 0 Å². The fraction of sp³-hybridized carbons (Fsp3) is 0.538. The van der Waals surface area contributed by atoms with Crippen LogP contribution in [0.5, 0.6) is 0 Å². The van der Waals surface area contributed by atoms with Gasteiger partial charge < -0.3 is 10.0 Å². The summed E-state index contributed by atoms with van der Waals surface area (Å²) in [5, 5.41) is 9.61. The highest BCUT2D eigenvalue weighted by Crippen LogP contribution is 2.28. The van der Waals surface area contributed by atoms with E-state index in [0.29, 0.717) is 26.2 Å². The van der Waals surface area contributed by atoms with Crippen molar-refractivity contribution in [3.63, 3.8) is 0 Å². The van der Waals surface area contributed by atoms with Crippen molar-refractivity contribution in [1.82, 2.24) is 4.31 Å². The summed E-state index contributed by atoms with van der Waals surface area (Å²) in [6, 6.07) is 5.83. The lowest BCUT2D eigenvalue weighted by Crippen LogP contribution is -2.48. The van der Waals surface area contributed by atoms with Crippen LogP contribution in [0.1, 0.15) is 18.6 Å². The normalized spacial score (nSPS) is 19.1. The molecule has 0 amide bonds. The minimum absolute atomic E-state index is 0.509. The van der Waals surface area contributed by atoms with Gasteiger partial charge in [-0.05, 0) is 24.6 Å². The summed E-state index contributed by atoms with van der Waals surface area (Å²) in [7, 11) is -3.09. The number of aliphatic hydroxyl groups excluding tert-OH is 1. The summed E-state index contributed by atoms with van der Waals surface area (Å²) in [5.74, 6) is 0. The molecule has 0 bridgehead atoms. The van der Waals surface area contributed by atoms with E-state index in [1.807, 2.05) is 18.2 Å². The van der Waals surface area contributed by atoms with Crippen molar-refractivity contribution >= 4 is 31.6 Å². The van der Waals surface area contributed by atoms with Crippen LogP contribution in [0.15, 0.2) is 22.7 Å². The van der Waals surface area contributed by atoms with E-state index in [0.717, 1.165) is 15.7 Å². The number of sulfonamides is 1. The first-order valence-electron chi connectivity index (χ1n) is 6.46. The second-order valence-electron chi connectivity index (χ2n) is 5.03. The molecule has 1 N–H and O–H groups in total. The van der Waals surface area contributed by atoms with Crippen LogP contribution < -0.4 is 4.90 Å². The Hall–Kier alpha value is -0.630. The van der Waals surface area contributed by atoms with E-state index < -0.39 is 16.1 Å². The maximum Gasteiger partial charge on any atom is 0.211 e. The first kappa shape index (κ1) is 15.8. The average Bonchev–Trinajstić information content (AvgIpc) is 2.37. The van der Waals surface area contributed by atoms with Gasteiger partial charge in [-0.3, -0.25) is 0 Å². The van der Waals surface area contributed by atoms with Crippen LogP contribution in [0.3, 0.4) is 0 Å². The van der Waals surface area contributed by atoms with Crippen LogP contribution in [0.25, 0.3) is 0 Å². The molecule has 0 radical (unpaired) electrons. The maximum atomic E-state index is 11.5. The van der Waals surface area contributed by atoms with Crippen LogP contribution in [-0.4, -0.2) is 50.3 Å². The summed E-state index contributed by atoms with van der Waals surface area (Å²) < 4.78 is 25.3. The summed E-state index contributed by atoms with van der Waals surface area (Å²) in [6.07, 6.45) is 0.733. The van der Waals surface area contributed by atoms with Crippen molar-refractivity contribution in [3.8, 4) is 0 Å². The smallest absolute Gasteiger partial charge is 0.211 e. The highest BCUT2D eigenvalue weighted by atomic mass is 79.9. The van der Waals surface area contributed by atoms with E-state index >= 15 is 0 Å². The van der Waals surface area contributed by atoms with Crippen LogP contribution in [-0.2, 0) is 10.0 Å². The van der Waals surface area contributed by atoms with Gasteiger partial charge in [-0.1, -0.05) is 22.0 Å². The zero-order chi connectivity index (χ0) is 14.9. The van der Waals surface area contributed by atoms with Crippen molar-refractivity contribution in [2.45, 2.75) is 13.0 Å². The Morgan fingerprint density at radius 3 is 2.30 bits per heavy atom. The van der Waals surface area contributed by atoms with Gasteiger partial charge in [0.05, 0.1) is 12.4 Å². The van der Waals surface area contributed by atoms with Gasteiger partial charge in [0.2, 0.25) is 10.0 Å². The molecule has 1 unspecified atom stereocenters. The molecule has 20 heavy (non-hydrogen) atoms. The van der Waals surface area contributed by atoms with Crippen LogP contribution in [0.4, 0.5) is 5.69 Å². The zero-order valence-corrected chi connectivity index (χ0v) is 14.0. The molecule has 1 heterocycles. The Labute approximate surface area is 128 Å². The minimum Gasteiger partial charge on any atom is -0.389 e. The molecule has 1 atom stereocenters. The van der Waals surface area contributed by atoms with Gasteiger partial charge >= 0.3 is 0 Å².